The van der Waals surface area contributed by atoms with Gasteiger partial charge < -0.3 is 4.74 Å². The first-order chi connectivity index (χ1) is 7.52. The minimum atomic E-state index is 0.316. The van der Waals surface area contributed by atoms with Crippen LogP contribution in [0.2, 0.25) is 0 Å². The van der Waals surface area contributed by atoms with Crippen LogP contribution in [0, 0.1) is 35.0 Å². The lowest BCUT2D eigenvalue weighted by atomic mass is 9.70. The van der Waals surface area contributed by atoms with E-state index in [9.17, 15) is 0 Å². The largest absolute Gasteiger partial charge is 0.366 e. The lowest BCUT2D eigenvalue weighted by Gasteiger charge is -2.35. The molecule has 1 heteroatoms. The van der Waals surface area contributed by atoms with Gasteiger partial charge in [-0.25, -0.2) is 0 Å². The number of rotatable bonds is 1. The summed E-state index contributed by atoms with van der Waals surface area (Å²) in [7, 11) is 0. The molecule has 4 aliphatic rings. The van der Waals surface area contributed by atoms with Gasteiger partial charge >= 0.3 is 0 Å². The third-order valence-electron chi connectivity index (χ3n) is 6.75. The van der Waals surface area contributed by atoms with E-state index in [0.717, 1.165) is 35.0 Å². The Bertz CT molecular complexity index is 349. The molecular formula is C15H24O. The van der Waals surface area contributed by atoms with Crippen molar-refractivity contribution in [1.29, 1.82) is 0 Å². The fraction of sp³-hybridized carbons (Fsp3) is 1.00. The third-order valence-corrected chi connectivity index (χ3v) is 6.75. The van der Waals surface area contributed by atoms with Gasteiger partial charge in [-0.05, 0) is 55.3 Å². The van der Waals surface area contributed by atoms with Crippen LogP contribution >= 0.6 is 0 Å². The number of hydrogen-bond acceptors (Lipinski definition) is 1. The van der Waals surface area contributed by atoms with Gasteiger partial charge in [-0.3, -0.25) is 0 Å². The van der Waals surface area contributed by atoms with E-state index in [0.29, 0.717) is 11.7 Å². The topological polar surface area (TPSA) is 12.5 Å². The van der Waals surface area contributed by atoms with Crippen molar-refractivity contribution >= 4 is 0 Å². The van der Waals surface area contributed by atoms with Crippen LogP contribution in [0.5, 0.6) is 0 Å². The first-order valence-corrected chi connectivity index (χ1v) is 7.19. The quantitative estimate of drug-likeness (QED) is 0.616. The number of ether oxygens (including phenoxy) is 1. The maximum atomic E-state index is 5.96. The summed E-state index contributed by atoms with van der Waals surface area (Å²) in [6.45, 7) is 9.75. The first kappa shape index (κ1) is 9.94. The Morgan fingerprint density at radius 1 is 1.25 bits per heavy atom. The fourth-order valence-electron chi connectivity index (χ4n) is 5.87. The van der Waals surface area contributed by atoms with Gasteiger partial charge in [0.2, 0.25) is 0 Å². The van der Waals surface area contributed by atoms with E-state index >= 15 is 0 Å². The molecule has 16 heavy (non-hydrogen) atoms. The normalized spacial score (nSPS) is 66.2. The highest BCUT2D eigenvalue weighted by molar-refractivity contribution is 5.34. The average molecular weight is 220 g/mol. The zero-order chi connectivity index (χ0) is 11.3. The summed E-state index contributed by atoms with van der Waals surface area (Å²) in [5, 5.41) is 0. The number of epoxide rings is 1. The van der Waals surface area contributed by atoms with Gasteiger partial charge in [0.1, 0.15) is 0 Å². The molecule has 0 aromatic heterocycles. The van der Waals surface area contributed by atoms with E-state index < -0.39 is 0 Å². The summed E-state index contributed by atoms with van der Waals surface area (Å²) >= 11 is 0. The predicted molar refractivity (Wildman–Crippen MR) is 64.0 cm³/mol. The Labute approximate surface area is 98.9 Å². The highest BCUT2D eigenvalue weighted by Gasteiger charge is 2.87. The number of fused-ring (bicyclic) bond motifs is 3. The maximum Gasteiger partial charge on any atom is 0.0957 e. The molecule has 4 fully saturated rings. The Hall–Kier alpha value is -0.0400. The van der Waals surface area contributed by atoms with Gasteiger partial charge in [-0.2, -0.15) is 0 Å². The molecule has 0 aromatic rings. The van der Waals surface area contributed by atoms with E-state index in [1.807, 2.05) is 0 Å². The molecule has 1 nitrogen and oxygen atoms in total. The summed E-state index contributed by atoms with van der Waals surface area (Å²) < 4.78 is 5.96. The Balaban J connectivity index is 1.70. The molecule has 0 aromatic carbocycles. The second-order valence-electron chi connectivity index (χ2n) is 7.50. The zero-order valence-corrected chi connectivity index (χ0v) is 11.0. The van der Waals surface area contributed by atoms with Crippen LogP contribution in [-0.2, 0) is 4.74 Å². The molecule has 90 valence electrons. The maximum absolute atomic E-state index is 5.96. The Morgan fingerprint density at radius 2 is 2.00 bits per heavy atom. The van der Waals surface area contributed by atoms with Crippen molar-refractivity contribution in [3.63, 3.8) is 0 Å². The molecule has 1 heterocycles. The summed E-state index contributed by atoms with van der Waals surface area (Å²) in [6.07, 6.45) is 4.98. The summed E-state index contributed by atoms with van der Waals surface area (Å²) in [4.78, 5) is 0. The van der Waals surface area contributed by atoms with Crippen molar-refractivity contribution in [2.45, 2.75) is 58.7 Å². The van der Waals surface area contributed by atoms with Crippen molar-refractivity contribution in [2.75, 3.05) is 0 Å². The standard InChI is InChI=1S/C15H24O/c1-8(2)10-6-5-9(3)15-7-11-14(4,16-11)13(15)12(10)15/h8-13H,5-7H2,1-4H3/t9-,10+,11?,12?,13?,14-,15-/m0/s1. The molecule has 0 amide bonds. The van der Waals surface area contributed by atoms with E-state index in [1.165, 1.54) is 19.3 Å². The smallest absolute Gasteiger partial charge is 0.0957 e. The fourth-order valence-corrected chi connectivity index (χ4v) is 5.87. The Morgan fingerprint density at radius 3 is 2.69 bits per heavy atom. The van der Waals surface area contributed by atoms with Crippen LogP contribution in [0.25, 0.3) is 0 Å². The predicted octanol–water partition coefficient (Wildman–Crippen LogP) is 3.48. The second-order valence-corrected chi connectivity index (χ2v) is 7.50. The average Bonchev–Trinajstić information content (AvgIpc) is 3.03. The zero-order valence-electron chi connectivity index (χ0n) is 11.0. The molecule has 3 aliphatic carbocycles. The van der Waals surface area contributed by atoms with Crippen molar-refractivity contribution in [1.82, 2.24) is 0 Å². The van der Waals surface area contributed by atoms with Gasteiger partial charge in [0.15, 0.2) is 0 Å². The van der Waals surface area contributed by atoms with Crippen molar-refractivity contribution in [2.24, 2.45) is 35.0 Å². The molecular weight excluding hydrogens is 196 g/mol. The molecule has 0 bridgehead atoms. The summed E-state index contributed by atoms with van der Waals surface area (Å²) in [5.74, 6) is 4.77. The van der Waals surface area contributed by atoms with Crippen LogP contribution in [0.1, 0.15) is 47.0 Å². The molecule has 4 rings (SSSR count). The number of hydrogen-bond donors (Lipinski definition) is 0. The molecule has 3 unspecified atom stereocenters. The highest BCUT2D eigenvalue weighted by Crippen LogP contribution is 2.85. The minimum Gasteiger partial charge on any atom is -0.366 e. The van der Waals surface area contributed by atoms with Crippen LogP contribution in [0.15, 0.2) is 0 Å². The lowest BCUT2D eigenvalue weighted by molar-refractivity contribution is 0.124. The van der Waals surface area contributed by atoms with Crippen LogP contribution in [0.3, 0.4) is 0 Å². The Kier molecular flexibility index (Phi) is 1.57. The lowest BCUT2D eigenvalue weighted by Crippen LogP contribution is -2.28. The molecule has 3 saturated carbocycles. The minimum absolute atomic E-state index is 0.316. The molecule has 1 saturated heterocycles. The second kappa shape index (κ2) is 2.53. The van der Waals surface area contributed by atoms with Gasteiger partial charge in [0.05, 0.1) is 11.7 Å². The first-order valence-electron chi connectivity index (χ1n) is 7.19. The van der Waals surface area contributed by atoms with Crippen LogP contribution < -0.4 is 0 Å². The van der Waals surface area contributed by atoms with Gasteiger partial charge in [-0.1, -0.05) is 20.8 Å². The highest BCUT2D eigenvalue weighted by atomic mass is 16.6. The molecule has 0 radical (unpaired) electrons. The van der Waals surface area contributed by atoms with Crippen molar-refractivity contribution in [3.8, 4) is 0 Å². The van der Waals surface area contributed by atoms with Gasteiger partial charge in [0, 0.05) is 5.92 Å². The SMILES string of the molecule is CC(C)[C@H]1CC[C@H](C)[C@]23CC4O[C@]4(C)C2C13. The van der Waals surface area contributed by atoms with Gasteiger partial charge in [-0.15, -0.1) is 0 Å². The summed E-state index contributed by atoms with van der Waals surface area (Å²) in [6, 6.07) is 0. The third kappa shape index (κ3) is 0.836. The van der Waals surface area contributed by atoms with E-state index in [1.54, 1.807) is 0 Å². The van der Waals surface area contributed by atoms with Crippen molar-refractivity contribution < 1.29 is 4.74 Å². The molecule has 7 atom stereocenters. The van der Waals surface area contributed by atoms with Crippen molar-refractivity contribution in [3.05, 3.63) is 0 Å². The summed E-state index contributed by atoms with van der Waals surface area (Å²) in [5.41, 5.74) is 1.04. The van der Waals surface area contributed by atoms with Crippen LogP contribution in [0.4, 0.5) is 0 Å². The van der Waals surface area contributed by atoms with E-state index in [-0.39, 0.29) is 0 Å². The van der Waals surface area contributed by atoms with E-state index in [2.05, 4.69) is 27.7 Å². The molecule has 1 spiro atoms. The van der Waals surface area contributed by atoms with E-state index in [4.69, 9.17) is 4.74 Å². The molecule has 0 N–H and O–H groups in total. The van der Waals surface area contributed by atoms with Gasteiger partial charge in [0.25, 0.3) is 0 Å². The monoisotopic (exact) mass is 220 g/mol. The van der Waals surface area contributed by atoms with Crippen LogP contribution in [-0.4, -0.2) is 11.7 Å². The molecule has 1 aliphatic heterocycles.